The molecule has 5 rings (SSSR count). The maximum absolute atomic E-state index is 13.6. The summed E-state index contributed by atoms with van der Waals surface area (Å²) in [6.45, 7) is 6.24. The van der Waals surface area contributed by atoms with Gasteiger partial charge in [-0.15, -0.1) is 0 Å². The number of ketones is 1. The summed E-state index contributed by atoms with van der Waals surface area (Å²) in [5.41, 5.74) is 3.17. The van der Waals surface area contributed by atoms with Crippen molar-refractivity contribution in [2.45, 2.75) is 62.3 Å². The Morgan fingerprint density at radius 2 is 1.82 bits per heavy atom. The molecule has 0 saturated carbocycles. The van der Waals surface area contributed by atoms with E-state index in [0.717, 1.165) is 34.4 Å². The minimum atomic E-state index is -3.58. The molecule has 7 heteroatoms. The summed E-state index contributed by atoms with van der Waals surface area (Å²) in [4.78, 5) is 13.9. The number of benzene rings is 2. The number of nitrogens with zero attached hydrogens (tertiary/aromatic N) is 2. The number of hydrogen-bond acceptors (Lipinski definition) is 6. The average molecular weight is 476 g/mol. The van der Waals surface area contributed by atoms with Crippen LogP contribution in [0.3, 0.4) is 0 Å². The van der Waals surface area contributed by atoms with Gasteiger partial charge in [0.15, 0.2) is 21.8 Å². The molecule has 0 fully saturated rings. The minimum absolute atomic E-state index is 0.0744. The predicted molar refractivity (Wildman–Crippen MR) is 131 cm³/mol. The third kappa shape index (κ3) is 3.63. The van der Waals surface area contributed by atoms with Crippen molar-refractivity contribution in [2.75, 3.05) is 0 Å². The first-order valence-electron chi connectivity index (χ1n) is 11.7. The van der Waals surface area contributed by atoms with E-state index in [1.807, 2.05) is 43.3 Å². The fraction of sp³-hybridized carbons (Fsp3) is 0.370. The van der Waals surface area contributed by atoms with Crippen LogP contribution in [0, 0.1) is 5.41 Å². The van der Waals surface area contributed by atoms with Crippen LogP contribution in [0.5, 0.6) is 0 Å². The number of fused-ring (bicyclic) bond motifs is 1. The van der Waals surface area contributed by atoms with Crippen molar-refractivity contribution >= 4 is 15.6 Å². The number of nitrogens with one attached hydrogen (secondary N) is 1. The van der Waals surface area contributed by atoms with E-state index in [1.165, 1.54) is 0 Å². The summed E-state index contributed by atoms with van der Waals surface area (Å²) >= 11 is 0. The van der Waals surface area contributed by atoms with Crippen molar-refractivity contribution < 1.29 is 13.2 Å². The second-order valence-corrected chi connectivity index (χ2v) is 12.2. The molecular weight excluding hydrogens is 446 g/mol. The summed E-state index contributed by atoms with van der Waals surface area (Å²) in [5.74, 6) is 0.0269. The van der Waals surface area contributed by atoms with Crippen molar-refractivity contribution in [2.24, 2.45) is 15.6 Å². The van der Waals surface area contributed by atoms with Gasteiger partial charge in [0, 0.05) is 23.3 Å². The number of allylic oxidation sites excluding steroid dienone is 2. The number of carbonyl (C=O) groups is 1. The first-order chi connectivity index (χ1) is 16.2. The third-order valence-electron chi connectivity index (χ3n) is 7.19. The van der Waals surface area contributed by atoms with Crippen LogP contribution < -0.4 is 5.32 Å². The Hall–Kier alpha value is -3.06. The zero-order valence-corrected chi connectivity index (χ0v) is 20.5. The molecule has 6 nitrogen and oxygen atoms in total. The van der Waals surface area contributed by atoms with E-state index in [2.05, 4.69) is 29.4 Å². The SMILES string of the molecule is CCC1(c2cccc(S(=O)(=O)Cc3ccccc3)c2)C2=CN=NC2NC2=C1C(=O)CC(C)(C)C2. The lowest BCUT2D eigenvalue weighted by molar-refractivity contribution is -0.119. The smallest absolute Gasteiger partial charge is 0.182 e. The largest absolute Gasteiger partial charge is 0.362 e. The molecule has 2 heterocycles. The van der Waals surface area contributed by atoms with Gasteiger partial charge in [0.05, 0.1) is 22.3 Å². The molecule has 176 valence electrons. The highest BCUT2D eigenvalue weighted by atomic mass is 32.2. The van der Waals surface area contributed by atoms with Gasteiger partial charge in [-0.05, 0) is 41.5 Å². The van der Waals surface area contributed by atoms with Crippen LogP contribution in [0.4, 0.5) is 0 Å². The summed E-state index contributed by atoms with van der Waals surface area (Å²) in [7, 11) is -3.58. The van der Waals surface area contributed by atoms with Crippen LogP contribution in [0.15, 0.2) is 92.8 Å². The molecule has 1 aliphatic carbocycles. The maximum Gasteiger partial charge on any atom is 0.182 e. The summed E-state index contributed by atoms with van der Waals surface area (Å²) < 4.78 is 26.7. The quantitative estimate of drug-likeness (QED) is 0.641. The van der Waals surface area contributed by atoms with E-state index in [-0.39, 0.29) is 28.0 Å². The van der Waals surface area contributed by atoms with Gasteiger partial charge in [0.25, 0.3) is 0 Å². The van der Waals surface area contributed by atoms with E-state index < -0.39 is 15.3 Å². The average Bonchev–Trinajstić information content (AvgIpc) is 3.26. The molecule has 0 amide bonds. The van der Waals surface area contributed by atoms with E-state index in [9.17, 15) is 13.2 Å². The molecule has 3 aliphatic rings. The maximum atomic E-state index is 13.6. The zero-order chi connectivity index (χ0) is 24.1. The van der Waals surface area contributed by atoms with Gasteiger partial charge in [-0.2, -0.15) is 10.2 Å². The third-order valence-corrected chi connectivity index (χ3v) is 8.88. The number of azo groups is 1. The molecule has 0 bridgehead atoms. The van der Waals surface area contributed by atoms with Gasteiger partial charge in [-0.3, -0.25) is 4.79 Å². The summed E-state index contributed by atoms with van der Waals surface area (Å²) in [6.07, 6.45) is 3.19. The Kier molecular flexibility index (Phi) is 5.35. The van der Waals surface area contributed by atoms with Gasteiger partial charge in [0.1, 0.15) is 0 Å². The highest BCUT2D eigenvalue weighted by Crippen LogP contribution is 2.53. The van der Waals surface area contributed by atoms with Crippen LogP contribution in [-0.4, -0.2) is 20.4 Å². The lowest BCUT2D eigenvalue weighted by Gasteiger charge is -2.47. The molecule has 1 N–H and O–H groups in total. The lowest BCUT2D eigenvalue weighted by atomic mass is 9.59. The van der Waals surface area contributed by atoms with Crippen molar-refractivity contribution in [3.05, 3.63) is 88.8 Å². The minimum Gasteiger partial charge on any atom is -0.362 e. The standard InChI is InChI=1S/C27H29N3O3S/c1-4-27(19-11-8-12-20(13-19)34(32,33)17-18-9-6-5-7-10-18)21-16-28-30-25(21)29-22-14-26(2,3)15-23(31)24(22)27/h5-13,16,25,29H,4,14-15,17H2,1-3H3. The molecule has 2 aliphatic heterocycles. The van der Waals surface area contributed by atoms with Crippen LogP contribution in [-0.2, 0) is 25.8 Å². The first-order valence-corrected chi connectivity index (χ1v) is 13.3. The van der Waals surface area contributed by atoms with Crippen molar-refractivity contribution in [1.29, 1.82) is 0 Å². The van der Waals surface area contributed by atoms with Crippen molar-refractivity contribution in [3.8, 4) is 0 Å². The Balaban J connectivity index is 1.66. The number of Topliss-reactive ketones (excluding diaryl/α,β-unsaturated/α-hetero) is 1. The number of sulfone groups is 1. The molecule has 2 atom stereocenters. The van der Waals surface area contributed by atoms with E-state index in [0.29, 0.717) is 12.8 Å². The fourth-order valence-corrected chi connectivity index (χ4v) is 7.11. The van der Waals surface area contributed by atoms with Gasteiger partial charge in [-0.1, -0.05) is 63.2 Å². The molecule has 0 aromatic heterocycles. The normalized spacial score (nSPS) is 25.4. The van der Waals surface area contributed by atoms with Gasteiger partial charge >= 0.3 is 0 Å². The van der Waals surface area contributed by atoms with Gasteiger partial charge in [-0.25, -0.2) is 8.42 Å². The Labute approximate surface area is 200 Å². The molecule has 0 spiro atoms. The number of hydrogen-bond donors (Lipinski definition) is 1. The van der Waals surface area contributed by atoms with E-state index in [4.69, 9.17) is 0 Å². The number of carbonyl (C=O) groups excluding carboxylic acids is 1. The fourth-order valence-electron chi connectivity index (χ4n) is 5.72. The van der Waals surface area contributed by atoms with Gasteiger partial charge in [0.2, 0.25) is 0 Å². The molecule has 34 heavy (non-hydrogen) atoms. The Morgan fingerprint density at radius 3 is 2.56 bits per heavy atom. The van der Waals surface area contributed by atoms with Crippen LogP contribution in [0.1, 0.15) is 51.2 Å². The summed E-state index contributed by atoms with van der Waals surface area (Å²) in [5, 5.41) is 12.0. The molecule has 0 radical (unpaired) electrons. The monoisotopic (exact) mass is 475 g/mol. The lowest BCUT2D eigenvalue weighted by Crippen LogP contribution is -2.51. The topological polar surface area (TPSA) is 88.0 Å². The molecule has 0 saturated heterocycles. The number of rotatable bonds is 5. The predicted octanol–water partition coefficient (Wildman–Crippen LogP) is 5.23. The molecular formula is C27H29N3O3S. The van der Waals surface area contributed by atoms with Crippen molar-refractivity contribution in [3.63, 3.8) is 0 Å². The first kappa shape index (κ1) is 22.7. The Bertz CT molecular complexity index is 1360. The van der Waals surface area contributed by atoms with E-state index in [1.54, 1.807) is 24.4 Å². The molecule has 2 aromatic carbocycles. The van der Waals surface area contributed by atoms with Gasteiger partial charge < -0.3 is 5.32 Å². The molecule has 2 unspecified atom stereocenters. The highest BCUT2D eigenvalue weighted by molar-refractivity contribution is 7.90. The molecule has 2 aromatic rings. The second-order valence-electron chi connectivity index (χ2n) is 10.2. The highest BCUT2D eigenvalue weighted by Gasteiger charge is 2.53. The van der Waals surface area contributed by atoms with Crippen LogP contribution in [0.2, 0.25) is 0 Å². The van der Waals surface area contributed by atoms with Crippen LogP contribution in [0.25, 0.3) is 0 Å². The second kappa shape index (κ2) is 8.01. The summed E-state index contributed by atoms with van der Waals surface area (Å²) in [6, 6.07) is 16.3. The Morgan fingerprint density at radius 1 is 1.06 bits per heavy atom. The zero-order valence-electron chi connectivity index (χ0n) is 19.7. The van der Waals surface area contributed by atoms with Crippen molar-refractivity contribution in [1.82, 2.24) is 5.32 Å². The van der Waals surface area contributed by atoms with E-state index >= 15 is 0 Å². The van der Waals surface area contributed by atoms with Crippen LogP contribution >= 0.6 is 0 Å².